The number of carbonyl (C=O) groups is 1. The third kappa shape index (κ3) is 4.12. The van der Waals surface area contributed by atoms with E-state index in [9.17, 15) is 4.79 Å². The van der Waals surface area contributed by atoms with Crippen LogP contribution in [0.1, 0.15) is 38.8 Å². The summed E-state index contributed by atoms with van der Waals surface area (Å²) in [7, 11) is 0. The number of hydrogen-bond donors (Lipinski definition) is 1. The number of nitrogens with two attached hydrogens (primary N) is 1. The van der Waals surface area contributed by atoms with Crippen LogP contribution in [0.25, 0.3) is 17.1 Å². The average molecular weight is 395 g/mol. The van der Waals surface area contributed by atoms with E-state index >= 15 is 0 Å². The molecular formula is C22H26N4OS. The number of para-hydroxylation sites is 1. The summed E-state index contributed by atoms with van der Waals surface area (Å²) in [5.41, 5.74) is 9.87. The number of hydrogen-bond acceptors (Lipinski definition) is 4. The molecule has 0 saturated carbocycles. The second kappa shape index (κ2) is 7.80. The number of rotatable bonds is 5. The Morgan fingerprint density at radius 1 is 1.07 bits per heavy atom. The van der Waals surface area contributed by atoms with Gasteiger partial charge in [-0.05, 0) is 36.5 Å². The van der Waals surface area contributed by atoms with Crippen LogP contribution in [-0.4, -0.2) is 25.9 Å². The monoisotopic (exact) mass is 394 g/mol. The Hall–Kier alpha value is -2.60. The summed E-state index contributed by atoms with van der Waals surface area (Å²) in [4.78, 5) is 11.6. The highest BCUT2D eigenvalue weighted by Crippen LogP contribution is 2.32. The molecule has 3 rings (SSSR count). The van der Waals surface area contributed by atoms with Gasteiger partial charge in [-0.25, -0.2) is 0 Å². The largest absolute Gasteiger partial charge is 0.369 e. The first-order chi connectivity index (χ1) is 13.2. The minimum absolute atomic E-state index is 0.0835. The molecule has 5 nitrogen and oxygen atoms in total. The molecule has 1 aromatic heterocycles. The maximum atomic E-state index is 11.6. The second-order valence-corrected chi connectivity index (χ2v) is 9.23. The third-order valence-corrected chi connectivity index (χ3v) is 5.74. The minimum Gasteiger partial charge on any atom is -0.369 e. The number of amides is 1. The average Bonchev–Trinajstić information content (AvgIpc) is 3.04. The molecular weight excluding hydrogens is 368 g/mol. The van der Waals surface area contributed by atoms with Crippen molar-refractivity contribution < 1.29 is 4.79 Å². The van der Waals surface area contributed by atoms with E-state index < -0.39 is 5.25 Å². The molecule has 2 N–H and O–H groups in total. The summed E-state index contributed by atoms with van der Waals surface area (Å²) in [6.45, 7) is 10.4. The number of carbonyl (C=O) groups excluding carboxylic acids is 1. The fourth-order valence-corrected chi connectivity index (χ4v) is 3.71. The molecule has 0 radical (unpaired) electrons. The Labute approximate surface area is 170 Å². The molecule has 146 valence electrons. The Morgan fingerprint density at radius 3 is 2.29 bits per heavy atom. The number of aryl methyl sites for hydroxylation is 1. The van der Waals surface area contributed by atoms with Crippen LogP contribution >= 0.6 is 11.8 Å². The molecule has 0 aliphatic rings. The maximum Gasteiger partial charge on any atom is 0.230 e. The molecule has 6 heteroatoms. The van der Waals surface area contributed by atoms with Crippen molar-refractivity contribution in [2.75, 3.05) is 0 Å². The lowest BCUT2D eigenvalue weighted by atomic mass is 9.87. The third-order valence-electron chi connectivity index (χ3n) is 4.68. The fraction of sp³-hybridized carbons (Fsp3) is 0.318. The zero-order valence-electron chi connectivity index (χ0n) is 16.9. The quantitative estimate of drug-likeness (QED) is 0.646. The predicted molar refractivity (Wildman–Crippen MR) is 115 cm³/mol. The highest BCUT2D eigenvalue weighted by molar-refractivity contribution is 8.00. The molecule has 0 fully saturated rings. The van der Waals surface area contributed by atoms with Crippen LogP contribution in [-0.2, 0) is 10.2 Å². The first-order valence-electron chi connectivity index (χ1n) is 9.27. The maximum absolute atomic E-state index is 11.6. The molecule has 2 aromatic carbocycles. The van der Waals surface area contributed by atoms with Crippen molar-refractivity contribution in [2.24, 2.45) is 5.73 Å². The van der Waals surface area contributed by atoms with E-state index in [1.165, 1.54) is 17.3 Å². The molecule has 28 heavy (non-hydrogen) atoms. The van der Waals surface area contributed by atoms with E-state index in [0.717, 1.165) is 22.6 Å². The van der Waals surface area contributed by atoms with Crippen molar-refractivity contribution in [1.82, 2.24) is 14.8 Å². The van der Waals surface area contributed by atoms with Gasteiger partial charge in [-0.15, -0.1) is 10.2 Å². The molecule has 0 saturated heterocycles. The van der Waals surface area contributed by atoms with Gasteiger partial charge in [-0.2, -0.15) is 0 Å². The van der Waals surface area contributed by atoms with Gasteiger partial charge in [0.2, 0.25) is 5.91 Å². The lowest BCUT2D eigenvalue weighted by Crippen LogP contribution is -2.23. The number of primary amides is 1. The number of benzene rings is 2. The summed E-state index contributed by atoms with van der Waals surface area (Å²) >= 11 is 1.32. The van der Waals surface area contributed by atoms with Gasteiger partial charge < -0.3 is 5.73 Å². The van der Waals surface area contributed by atoms with E-state index in [2.05, 4.69) is 55.2 Å². The van der Waals surface area contributed by atoms with Crippen LogP contribution in [0.5, 0.6) is 0 Å². The van der Waals surface area contributed by atoms with Crippen molar-refractivity contribution in [3.8, 4) is 17.1 Å². The Kier molecular flexibility index (Phi) is 5.61. The zero-order valence-corrected chi connectivity index (χ0v) is 17.7. The van der Waals surface area contributed by atoms with E-state index in [0.29, 0.717) is 5.16 Å². The van der Waals surface area contributed by atoms with Crippen molar-refractivity contribution in [2.45, 2.75) is 50.4 Å². The van der Waals surface area contributed by atoms with Crippen LogP contribution < -0.4 is 5.73 Å². The van der Waals surface area contributed by atoms with Gasteiger partial charge in [0.1, 0.15) is 0 Å². The van der Waals surface area contributed by atoms with Crippen molar-refractivity contribution in [1.29, 1.82) is 0 Å². The molecule has 3 aromatic rings. The molecule has 1 atom stereocenters. The number of nitrogens with zero attached hydrogens (tertiary/aromatic N) is 3. The molecule has 0 spiro atoms. The fourth-order valence-electron chi connectivity index (χ4n) is 2.90. The molecule has 1 amide bonds. The van der Waals surface area contributed by atoms with Gasteiger partial charge >= 0.3 is 0 Å². The number of thioether (sulfide) groups is 1. The smallest absolute Gasteiger partial charge is 0.230 e. The normalized spacial score (nSPS) is 12.8. The van der Waals surface area contributed by atoms with Gasteiger partial charge in [0.05, 0.1) is 10.9 Å². The van der Waals surface area contributed by atoms with Crippen LogP contribution in [0.4, 0.5) is 0 Å². The Bertz CT molecular complexity index is 987. The van der Waals surface area contributed by atoms with E-state index in [1.807, 2.05) is 35.8 Å². The van der Waals surface area contributed by atoms with Crippen LogP contribution in [0.3, 0.4) is 0 Å². The highest BCUT2D eigenvalue weighted by Gasteiger charge is 2.22. The summed E-state index contributed by atoms with van der Waals surface area (Å²) in [6, 6.07) is 16.5. The highest BCUT2D eigenvalue weighted by atomic mass is 32.2. The van der Waals surface area contributed by atoms with Crippen molar-refractivity contribution in [3.05, 3.63) is 59.7 Å². The Balaban J connectivity index is 2.13. The van der Waals surface area contributed by atoms with Gasteiger partial charge in [0.15, 0.2) is 11.0 Å². The standard InChI is InChI=1S/C22H26N4OS/c1-14-8-6-7-9-18(14)26-20(24-25-21(26)28-15(2)19(23)27)16-10-12-17(13-11-16)22(3,4)5/h6-13,15H,1-5H3,(H2,23,27)/t15-/m0/s1. The van der Waals surface area contributed by atoms with Gasteiger partial charge in [0.25, 0.3) is 0 Å². The SMILES string of the molecule is Cc1ccccc1-n1c(S[C@@H](C)C(N)=O)nnc1-c1ccc(C(C)(C)C)cc1. The lowest BCUT2D eigenvalue weighted by molar-refractivity contribution is -0.117. The molecule has 0 aliphatic carbocycles. The minimum atomic E-state index is -0.400. The van der Waals surface area contributed by atoms with E-state index in [-0.39, 0.29) is 11.3 Å². The summed E-state index contributed by atoms with van der Waals surface area (Å²) < 4.78 is 2.01. The summed E-state index contributed by atoms with van der Waals surface area (Å²) in [5, 5.41) is 9.07. The topological polar surface area (TPSA) is 73.8 Å². The number of aromatic nitrogens is 3. The van der Waals surface area contributed by atoms with Crippen molar-refractivity contribution in [3.63, 3.8) is 0 Å². The predicted octanol–water partition coefficient (Wildman–Crippen LogP) is 4.51. The van der Waals surface area contributed by atoms with Crippen LogP contribution in [0.2, 0.25) is 0 Å². The molecule has 1 heterocycles. The van der Waals surface area contributed by atoms with E-state index in [1.54, 1.807) is 6.92 Å². The first kappa shape index (κ1) is 20.1. The summed E-state index contributed by atoms with van der Waals surface area (Å²) in [5.74, 6) is 0.370. The van der Waals surface area contributed by atoms with Gasteiger partial charge in [0, 0.05) is 5.56 Å². The zero-order chi connectivity index (χ0) is 20.5. The van der Waals surface area contributed by atoms with Gasteiger partial charge in [-0.1, -0.05) is 75.0 Å². The van der Waals surface area contributed by atoms with Crippen LogP contribution in [0, 0.1) is 6.92 Å². The Morgan fingerprint density at radius 2 is 1.71 bits per heavy atom. The molecule has 0 aliphatic heterocycles. The van der Waals surface area contributed by atoms with Crippen LogP contribution in [0.15, 0.2) is 53.7 Å². The molecule has 0 bridgehead atoms. The molecule has 0 unspecified atom stereocenters. The van der Waals surface area contributed by atoms with Gasteiger partial charge in [-0.3, -0.25) is 9.36 Å². The summed E-state index contributed by atoms with van der Waals surface area (Å²) in [6.07, 6.45) is 0. The van der Waals surface area contributed by atoms with Crippen molar-refractivity contribution >= 4 is 17.7 Å². The second-order valence-electron chi connectivity index (χ2n) is 7.92. The first-order valence-corrected chi connectivity index (χ1v) is 10.1. The van der Waals surface area contributed by atoms with E-state index in [4.69, 9.17) is 5.73 Å². The lowest BCUT2D eigenvalue weighted by Gasteiger charge is -2.19.